The van der Waals surface area contributed by atoms with Gasteiger partial charge in [-0.2, -0.15) is 0 Å². The normalized spacial score (nSPS) is 13.4. The van der Waals surface area contributed by atoms with Crippen molar-refractivity contribution in [2.45, 2.75) is 6.61 Å². The summed E-state index contributed by atoms with van der Waals surface area (Å²) in [7, 11) is 0. The lowest BCUT2D eigenvalue weighted by atomic mass is 10.0. The number of aromatic amines is 1. The summed E-state index contributed by atoms with van der Waals surface area (Å²) in [6.07, 6.45) is -0.346. The Balaban J connectivity index is 0.985. The number of rotatable bonds is 6. The number of hydrogen-bond donors (Lipinski definition) is 2. The molecule has 3 aromatic carbocycles. The zero-order valence-electron chi connectivity index (χ0n) is 21.3. The van der Waals surface area contributed by atoms with E-state index in [-0.39, 0.29) is 24.3 Å². The Morgan fingerprint density at radius 3 is 2.50 bits per heavy atom. The number of thiazole rings is 1. The van der Waals surface area contributed by atoms with Crippen molar-refractivity contribution in [1.82, 2.24) is 14.9 Å². The number of oxazole rings is 1. The number of H-pyrrole nitrogens is 1. The van der Waals surface area contributed by atoms with E-state index >= 15 is 0 Å². The second kappa shape index (κ2) is 11.1. The number of nitrogens with one attached hydrogen (secondary N) is 2. The molecule has 0 radical (unpaired) electrons. The van der Waals surface area contributed by atoms with Gasteiger partial charge in [0.25, 0.3) is 5.91 Å². The van der Waals surface area contributed by atoms with Crippen LogP contribution in [0, 0.1) is 0 Å². The highest BCUT2D eigenvalue weighted by atomic mass is 32.1. The lowest BCUT2D eigenvalue weighted by Crippen LogP contribution is -2.48. The summed E-state index contributed by atoms with van der Waals surface area (Å²) in [4.78, 5) is 47.5. The van der Waals surface area contributed by atoms with Gasteiger partial charge in [0.1, 0.15) is 12.3 Å². The van der Waals surface area contributed by atoms with Crippen LogP contribution in [0.1, 0.15) is 16.1 Å². The molecule has 0 spiro atoms. The van der Waals surface area contributed by atoms with E-state index in [1.807, 2.05) is 47.4 Å². The Morgan fingerprint density at radius 1 is 0.975 bits per heavy atom. The Kier molecular flexibility index (Phi) is 7.02. The fraction of sp³-hybridized carbons (Fsp3) is 0.172. The van der Waals surface area contributed by atoms with Gasteiger partial charge in [-0.25, -0.2) is 14.6 Å². The van der Waals surface area contributed by atoms with Gasteiger partial charge in [0.05, 0.1) is 5.52 Å². The second-order valence-electron chi connectivity index (χ2n) is 9.29. The van der Waals surface area contributed by atoms with Crippen molar-refractivity contribution in [2.75, 3.05) is 36.4 Å². The minimum atomic E-state index is -0.551. The fourth-order valence-electron chi connectivity index (χ4n) is 4.47. The first-order valence-electron chi connectivity index (χ1n) is 12.7. The molecule has 6 rings (SSSR count). The lowest BCUT2D eigenvalue weighted by molar-refractivity contribution is 0.0942. The summed E-state index contributed by atoms with van der Waals surface area (Å²) >= 11 is 1.37. The van der Waals surface area contributed by atoms with Crippen molar-refractivity contribution in [1.29, 1.82) is 0 Å². The van der Waals surface area contributed by atoms with E-state index in [4.69, 9.17) is 9.15 Å². The summed E-state index contributed by atoms with van der Waals surface area (Å²) in [6, 6.07) is 23.0. The number of fused-ring (bicyclic) bond motifs is 1. The maximum Gasteiger partial charge on any atom is 0.417 e. The molecule has 3 heterocycles. The summed E-state index contributed by atoms with van der Waals surface area (Å²) in [6.45, 7) is 2.36. The smallest absolute Gasteiger partial charge is 0.417 e. The van der Waals surface area contributed by atoms with Gasteiger partial charge in [0.2, 0.25) is 0 Å². The van der Waals surface area contributed by atoms with Crippen LogP contribution >= 0.6 is 11.3 Å². The largest absolute Gasteiger partial charge is 0.445 e. The number of carbonyl (C=O) groups is 2. The molecule has 1 fully saturated rings. The highest BCUT2D eigenvalue weighted by Gasteiger charge is 2.24. The van der Waals surface area contributed by atoms with Gasteiger partial charge < -0.3 is 24.3 Å². The van der Waals surface area contributed by atoms with Crippen LogP contribution in [0.2, 0.25) is 0 Å². The molecule has 1 saturated heterocycles. The lowest BCUT2D eigenvalue weighted by Gasteiger charge is -2.33. The van der Waals surface area contributed by atoms with E-state index in [1.165, 1.54) is 11.3 Å². The molecule has 0 bridgehead atoms. The average Bonchev–Trinajstić information content (AvgIpc) is 3.63. The van der Waals surface area contributed by atoms with Crippen LogP contribution in [-0.2, 0) is 11.3 Å². The van der Waals surface area contributed by atoms with Crippen molar-refractivity contribution in [3.8, 4) is 11.1 Å². The SMILES string of the molecule is O=C(Nc1ccc2[nH]c(=O)oc2c1)c1csc(N2CCN(C(=O)OCc3ccc(-c4ccccc4)cc3)CC2)n1. The second-order valence-corrected chi connectivity index (χ2v) is 10.1. The molecule has 0 saturated carbocycles. The summed E-state index contributed by atoms with van der Waals surface area (Å²) in [5.74, 6) is -0.913. The Bertz CT molecular complexity index is 1700. The Labute approximate surface area is 232 Å². The molecule has 1 aliphatic rings. The number of benzene rings is 3. The van der Waals surface area contributed by atoms with Crippen molar-refractivity contribution >= 4 is 45.3 Å². The molecule has 5 aromatic rings. The number of hydrogen-bond acceptors (Lipinski definition) is 8. The van der Waals surface area contributed by atoms with Gasteiger partial charge in [-0.05, 0) is 28.8 Å². The number of anilines is 2. The summed E-state index contributed by atoms with van der Waals surface area (Å²) in [5, 5.41) is 5.19. The van der Waals surface area contributed by atoms with Gasteiger partial charge in [0, 0.05) is 43.3 Å². The van der Waals surface area contributed by atoms with E-state index in [0.717, 1.165) is 16.7 Å². The van der Waals surface area contributed by atoms with Crippen LogP contribution in [0.3, 0.4) is 0 Å². The highest BCUT2D eigenvalue weighted by Crippen LogP contribution is 2.24. The van der Waals surface area contributed by atoms with Crippen LogP contribution < -0.4 is 16.0 Å². The number of aromatic nitrogens is 2. The van der Waals surface area contributed by atoms with Crippen LogP contribution in [-0.4, -0.2) is 53.0 Å². The van der Waals surface area contributed by atoms with Crippen LogP contribution in [0.15, 0.2) is 87.4 Å². The topological polar surface area (TPSA) is 121 Å². The van der Waals surface area contributed by atoms with Gasteiger partial charge >= 0.3 is 11.8 Å². The minimum Gasteiger partial charge on any atom is -0.445 e. The first-order valence-corrected chi connectivity index (χ1v) is 13.6. The third-order valence-electron chi connectivity index (χ3n) is 6.64. The van der Waals surface area contributed by atoms with Gasteiger partial charge in [-0.15, -0.1) is 11.3 Å². The molecule has 40 heavy (non-hydrogen) atoms. The molecule has 0 aliphatic carbocycles. The standard InChI is InChI=1S/C29H25N5O5S/c35-26(30-22-10-11-23-25(16-22)39-28(36)32-23)24-18-40-27(31-24)33-12-14-34(15-13-33)29(37)38-17-19-6-8-21(9-7-19)20-4-2-1-3-5-20/h1-11,16,18H,12-15,17H2,(H,30,35)(H,32,36). The molecule has 2 N–H and O–H groups in total. The molecule has 11 heteroatoms. The van der Waals surface area contributed by atoms with Crippen LogP contribution in [0.4, 0.5) is 15.6 Å². The van der Waals surface area contributed by atoms with Gasteiger partial charge in [0.15, 0.2) is 10.7 Å². The maximum atomic E-state index is 12.7. The number of carbonyl (C=O) groups excluding carboxylic acids is 2. The third-order valence-corrected chi connectivity index (χ3v) is 7.54. The molecule has 10 nitrogen and oxygen atoms in total. The van der Waals surface area contributed by atoms with E-state index < -0.39 is 5.76 Å². The predicted octanol–water partition coefficient (Wildman–Crippen LogP) is 4.96. The zero-order chi connectivity index (χ0) is 27.5. The van der Waals surface area contributed by atoms with Crippen molar-refractivity contribution in [2.24, 2.45) is 0 Å². The van der Waals surface area contributed by atoms with Gasteiger partial charge in [-0.1, -0.05) is 54.6 Å². The molecule has 0 unspecified atom stereocenters. The highest BCUT2D eigenvalue weighted by molar-refractivity contribution is 7.14. The molecule has 0 atom stereocenters. The number of piperazine rings is 1. The van der Waals surface area contributed by atoms with Crippen molar-refractivity contribution in [3.63, 3.8) is 0 Å². The number of ether oxygens (including phenoxy) is 1. The van der Waals surface area contributed by atoms with E-state index in [1.54, 1.807) is 28.5 Å². The minimum absolute atomic E-state index is 0.211. The average molecular weight is 556 g/mol. The summed E-state index contributed by atoms with van der Waals surface area (Å²) < 4.78 is 10.6. The number of amides is 2. The fourth-order valence-corrected chi connectivity index (χ4v) is 5.33. The monoisotopic (exact) mass is 555 g/mol. The van der Waals surface area contributed by atoms with E-state index in [9.17, 15) is 14.4 Å². The van der Waals surface area contributed by atoms with Crippen LogP contribution in [0.25, 0.3) is 22.2 Å². The third kappa shape index (κ3) is 5.59. The van der Waals surface area contributed by atoms with Crippen LogP contribution in [0.5, 0.6) is 0 Å². The van der Waals surface area contributed by atoms with E-state index in [0.29, 0.717) is 48.1 Å². The molecule has 202 valence electrons. The van der Waals surface area contributed by atoms with E-state index in [2.05, 4.69) is 27.4 Å². The quantitative estimate of drug-likeness (QED) is 0.304. The first kappa shape index (κ1) is 25.4. The first-order chi connectivity index (χ1) is 19.5. The van der Waals surface area contributed by atoms with Gasteiger partial charge in [-0.3, -0.25) is 9.78 Å². The molecule has 2 aromatic heterocycles. The zero-order valence-corrected chi connectivity index (χ0v) is 22.1. The van der Waals surface area contributed by atoms with Crippen molar-refractivity contribution < 1.29 is 18.7 Å². The molecule has 2 amide bonds. The molecule has 1 aliphatic heterocycles. The molecular formula is C29H25N5O5S. The Hall–Kier alpha value is -4.90. The number of nitrogens with zero attached hydrogens (tertiary/aromatic N) is 3. The van der Waals surface area contributed by atoms with Crippen molar-refractivity contribution in [3.05, 3.63) is 100.0 Å². The Morgan fingerprint density at radius 2 is 1.73 bits per heavy atom. The summed E-state index contributed by atoms with van der Waals surface area (Å²) in [5.41, 5.74) is 4.88. The maximum absolute atomic E-state index is 12.7. The molecular weight excluding hydrogens is 530 g/mol. The predicted molar refractivity (Wildman–Crippen MR) is 153 cm³/mol.